The molecule has 0 aromatic heterocycles. The normalized spacial score (nSPS) is 22.5. The van der Waals surface area contributed by atoms with Crippen molar-refractivity contribution in [3.8, 4) is 0 Å². The molecule has 0 atom stereocenters. The zero-order chi connectivity index (χ0) is 14.5. The summed E-state index contributed by atoms with van der Waals surface area (Å²) in [6, 6.07) is 5.38. The highest BCUT2D eigenvalue weighted by Gasteiger charge is 2.20. The molecule has 1 saturated carbocycles. The van der Waals surface area contributed by atoms with Crippen molar-refractivity contribution in [2.45, 2.75) is 39.0 Å². The molecule has 1 aromatic rings. The molecule has 20 heavy (non-hydrogen) atoms. The second-order valence-electron chi connectivity index (χ2n) is 5.74. The molecule has 0 saturated heterocycles. The molecule has 3 N–H and O–H groups in total. The van der Waals surface area contributed by atoms with E-state index in [4.69, 9.17) is 5.73 Å². The van der Waals surface area contributed by atoms with Gasteiger partial charge in [-0.25, -0.2) is 0 Å². The second kappa shape index (κ2) is 7.11. The predicted octanol–water partition coefficient (Wildman–Crippen LogP) is 3.98. The third-order valence-electron chi connectivity index (χ3n) is 4.35. The van der Waals surface area contributed by atoms with Gasteiger partial charge in [0.1, 0.15) is 0 Å². The Balaban J connectivity index is 1.85. The van der Waals surface area contributed by atoms with E-state index in [2.05, 4.69) is 28.2 Å². The Labute approximate surface area is 129 Å². The molecular weight excluding hydrogens is 316 g/mol. The van der Waals surface area contributed by atoms with Crippen LogP contribution in [0.5, 0.6) is 0 Å². The molecule has 1 amide bonds. The standard InChI is InChI=1S/C16H23BrN2O/c1-2-11-3-5-12(6-4-11)10-19-16(20)14-9-13(17)7-8-15(14)18/h7-9,11-12H,2-6,10,18H2,1H3,(H,19,20). The van der Waals surface area contributed by atoms with E-state index in [0.717, 1.165) is 16.9 Å². The maximum atomic E-state index is 12.2. The van der Waals surface area contributed by atoms with Gasteiger partial charge in [-0.15, -0.1) is 0 Å². The molecule has 0 spiro atoms. The summed E-state index contributed by atoms with van der Waals surface area (Å²) >= 11 is 3.37. The van der Waals surface area contributed by atoms with Crippen LogP contribution in [0.2, 0.25) is 0 Å². The molecule has 1 aliphatic carbocycles. The Hall–Kier alpha value is -1.03. The summed E-state index contributed by atoms with van der Waals surface area (Å²) in [7, 11) is 0. The number of hydrogen-bond acceptors (Lipinski definition) is 2. The largest absolute Gasteiger partial charge is 0.398 e. The van der Waals surface area contributed by atoms with Crippen LogP contribution in [0.4, 0.5) is 5.69 Å². The lowest BCUT2D eigenvalue weighted by atomic mass is 9.81. The minimum atomic E-state index is -0.0681. The Morgan fingerprint density at radius 2 is 1.95 bits per heavy atom. The lowest BCUT2D eigenvalue weighted by molar-refractivity contribution is 0.0942. The first kappa shape index (κ1) is 15.4. The second-order valence-corrected chi connectivity index (χ2v) is 6.65. The maximum absolute atomic E-state index is 12.2. The Kier molecular flexibility index (Phi) is 5.46. The van der Waals surface area contributed by atoms with Crippen molar-refractivity contribution < 1.29 is 4.79 Å². The van der Waals surface area contributed by atoms with Gasteiger partial charge in [0.05, 0.1) is 5.56 Å². The molecule has 3 nitrogen and oxygen atoms in total. The van der Waals surface area contributed by atoms with Crippen LogP contribution in [0.3, 0.4) is 0 Å². The first-order valence-corrected chi connectivity index (χ1v) is 8.22. The van der Waals surface area contributed by atoms with Crippen molar-refractivity contribution in [3.63, 3.8) is 0 Å². The van der Waals surface area contributed by atoms with Crippen LogP contribution in [0.15, 0.2) is 22.7 Å². The van der Waals surface area contributed by atoms with Crippen molar-refractivity contribution >= 4 is 27.5 Å². The smallest absolute Gasteiger partial charge is 0.253 e. The van der Waals surface area contributed by atoms with Gasteiger partial charge in [0, 0.05) is 16.7 Å². The van der Waals surface area contributed by atoms with Gasteiger partial charge in [0.25, 0.3) is 5.91 Å². The number of nitrogens with one attached hydrogen (secondary N) is 1. The third kappa shape index (κ3) is 3.98. The molecular formula is C16H23BrN2O. The number of nitrogens with two attached hydrogens (primary N) is 1. The molecule has 2 rings (SSSR count). The lowest BCUT2D eigenvalue weighted by Gasteiger charge is -2.27. The van der Waals surface area contributed by atoms with Crippen LogP contribution in [0.1, 0.15) is 49.4 Å². The number of amides is 1. The minimum absolute atomic E-state index is 0.0681. The molecule has 4 heteroatoms. The molecule has 0 bridgehead atoms. The number of anilines is 1. The third-order valence-corrected chi connectivity index (χ3v) is 4.85. The summed E-state index contributed by atoms with van der Waals surface area (Å²) in [6.45, 7) is 3.03. The van der Waals surface area contributed by atoms with Gasteiger partial charge < -0.3 is 11.1 Å². The van der Waals surface area contributed by atoms with E-state index in [1.807, 2.05) is 6.07 Å². The van der Waals surface area contributed by atoms with E-state index < -0.39 is 0 Å². The SMILES string of the molecule is CCC1CCC(CNC(=O)c2cc(Br)ccc2N)CC1. The number of carbonyl (C=O) groups excluding carboxylic acids is 1. The van der Waals surface area contributed by atoms with Crippen LogP contribution >= 0.6 is 15.9 Å². The highest BCUT2D eigenvalue weighted by Crippen LogP contribution is 2.30. The number of rotatable bonds is 4. The van der Waals surface area contributed by atoms with E-state index in [9.17, 15) is 4.79 Å². The summed E-state index contributed by atoms with van der Waals surface area (Å²) in [4.78, 5) is 12.2. The number of benzene rings is 1. The fraction of sp³-hybridized carbons (Fsp3) is 0.562. The Morgan fingerprint density at radius 3 is 2.60 bits per heavy atom. The minimum Gasteiger partial charge on any atom is -0.398 e. The summed E-state index contributed by atoms with van der Waals surface area (Å²) in [5, 5.41) is 3.03. The monoisotopic (exact) mass is 338 g/mol. The van der Waals surface area contributed by atoms with E-state index in [1.165, 1.54) is 32.1 Å². The van der Waals surface area contributed by atoms with Gasteiger partial charge >= 0.3 is 0 Å². The molecule has 0 unspecified atom stereocenters. The van der Waals surface area contributed by atoms with Gasteiger partial charge in [-0.05, 0) is 42.9 Å². The van der Waals surface area contributed by atoms with E-state index in [-0.39, 0.29) is 5.91 Å². The van der Waals surface area contributed by atoms with Crippen molar-refractivity contribution in [1.82, 2.24) is 5.32 Å². The van der Waals surface area contributed by atoms with Gasteiger partial charge in [-0.1, -0.05) is 42.1 Å². The maximum Gasteiger partial charge on any atom is 0.253 e. The molecule has 1 fully saturated rings. The van der Waals surface area contributed by atoms with Crippen molar-refractivity contribution in [2.75, 3.05) is 12.3 Å². The first-order valence-electron chi connectivity index (χ1n) is 7.43. The van der Waals surface area contributed by atoms with Gasteiger partial charge in [-0.2, -0.15) is 0 Å². The van der Waals surface area contributed by atoms with Crippen molar-refractivity contribution in [3.05, 3.63) is 28.2 Å². The van der Waals surface area contributed by atoms with E-state index in [1.54, 1.807) is 12.1 Å². The van der Waals surface area contributed by atoms with Crippen LogP contribution < -0.4 is 11.1 Å². The summed E-state index contributed by atoms with van der Waals surface area (Å²) in [5.41, 5.74) is 6.94. The topological polar surface area (TPSA) is 55.1 Å². The Bertz CT molecular complexity index is 468. The summed E-state index contributed by atoms with van der Waals surface area (Å²) in [6.07, 6.45) is 6.35. The molecule has 0 heterocycles. The van der Waals surface area contributed by atoms with Gasteiger partial charge in [0.15, 0.2) is 0 Å². The zero-order valence-corrected chi connectivity index (χ0v) is 13.6. The number of hydrogen-bond donors (Lipinski definition) is 2. The highest BCUT2D eigenvalue weighted by atomic mass is 79.9. The van der Waals surface area contributed by atoms with E-state index in [0.29, 0.717) is 17.2 Å². The number of carbonyl (C=O) groups is 1. The average molecular weight is 339 g/mol. The number of halogens is 1. The molecule has 1 aromatic carbocycles. The quantitative estimate of drug-likeness (QED) is 0.816. The average Bonchev–Trinajstić information content (AvgIpc) is 2.47. The fourth-order valence-corrected chi connectivity index (χ4v) is 3.26. The molecule has 110 valence electrons. The molecule has 0 aliphatic heterocycles. The van der Waals surface area contributed by atoms with Crippen LogP contribution in [-0.4, -0.2) is 12.5 Å². The van der Waals surface area contributed by atoms with Crippen LogP contribution in [0.25, 0.3) is 0 Å². The molecule has 1 aliphatic rings. The highest BCUT2D eigenvalue weighted by molar-refractivity contribution is 9.10. The summed E-state index contributed by atoms with van der Waals surface area (Å²) in [5.74, 6) is 1.44. The fourth-order valence-electron chi connectivity index (χ4n) is 2.90. The van der Waals surface area contributed by atoms with Crippen LogP contribution in [0, 0.1) is 11.8 Å². The van der Waals surface area contributed by atoms with Crippen molar-refractivity contribution in [1.29, 1.82) is 0 Å². The number of nitrogen functional groups attached to an aromatic ring is 1. The van der Waals surface area contributed by atoms with Gasteiger partial charge in [0.2, 0.25) is 0 Å². The molecule has 0 radical (unpaired) electrons. The summed E-state index contributed by atoms with van der Waals surface area (Å²) < 4.78 is 0.875. The van der Waals surface area contributed by atoms with Crippen molar-refractivity contribution in [2.24, 2.45) is 11.8 Å². The Morgan fingerprint density at radius 1 is 1.30 bits per heavy atom. The van der Waals surface area contributed by atoms with E-state index >= 15 is 0 Å². The lowest BCUT2D eigenvalue weighted by Crippen LogP contribution is -2.31. The predicted molar refractivity (Wildman–Crippen MR) is 86.6 cm³/mol. The first-order chi connectivity index (χ1) is 9.60. The van der Waals surface area contributed by atoms with Gasteiger partial charge in [-0.3, -0.25) is 4.79 Å². The zero-order valence-electron chi connectivity index (χ0n) is 12.0. The van der Waals surface area contributed by atoms with Crippen LogP contribution in [-0.2, 0) is 0 Å².